The Bertz CT molecular complexity index is 689. The number of carbonyl (C=O) groups is 1. The van der Waals surface area contributed by atoms with Crippen LogP contribution < -0.4 is 14.8 Å². The molecule has 2 atom stereocenters. The van der Waals surface area contributed by atoms with E-state index in [1.807, 2.05) is 0 Å². The molecule has 1 aliphatic heterocycles. The van der Waals surface area contributed by atoms with Crippen LogP contribution in [0.1, 0.15) is 19.8 Å². The second kappa shape index (κ2) is 8.15. The molecule has 1 aliphatic rings. The molecular weight excluding hydrogens is 356 g/mol. The Hall–Kier alpha value is -1.35. The number of carbonyl (C=O) groups excluding carboxylic acids is 1. The summed E-state index contributed by atoms with van der Waals surface area (Å²) >= 11 is 5.95. The fourth-order valence-electron chi connectivity index (χ4n) is 2.34. The second-order valence-electron chi connectivity index (χ2n) is 5.52. The molecule has 0 bridgehead atoms. The third-order valence-corrected chi connectivity index (χ3v) is 5.52. The van der Waals surface area contributed by atoms with E-state index in [1.54, 1.807) is 0 Å². The third-order valence-electron chi connectivity index (χ3n) is 3.69. The summed E-state index contributed by atoms with van der Waals surface area (Å²) < 4.78 is 37.4. The molecule has 134 valence electrons. The highest BCUT2D eigenvalue weighted by molar-refractivity contribution is 7.89. The average molecular weight is 377 g/mol. The van der Waals surface area contributed by atoms with Gasteiger partial charge in [0.1, 0.15) is 5.75 Å². The predicted octanol–water partition coefficient (Wildman–Crippen LogP) is 1.31. The van der Waals surface area contributed by atoms with Gasteiger partial charge >= 0.3 is 0 Å². The van der Waals surface area contributed by atoms with Crippen LogP contribution >= 0.6 is 11.6 Å². The van der Waals surface area contributed by atoms with Crippen LogP contribution in [0.15, 0.2) is 23.1 Å². The predicted molar refractivity (Wildman–Crippen MR) is 89.8 cm³/mol. The number of ether oxygens (including phenoxy) is 2. The van der Waals surface area contributed by atoms with Gasteiger partial charge in [-0.15, -0.1) is 0 Å². The van der Waals surface area contributed by atoms with E-state index in [0.717, 1.165) is 12.8 Å². The number of hydrogen-bond acceptors (Lipinski definition) is 5. The van der Waals surface area contributed by atoms with Gasteiger partial charge in [0.05, 0.1) is 29.2 Å². The van der Waals surface area contributed by atoms with E-state index < -0.39 is 22.0 Å². The van der Waals surface area contributed by atoms with E-state index >= 15 is 0 Å². The maximum Gasteiger partial charge on any atom is 0.241 e. The molecule has 7 nitrogen and oxygen atoms in total. The summed E-state index contributed by atoms with van der Waals surface area (Å²) in [6.07, 6.45) is 1.87. The van der Waals surface area contributed by atoms with Gasteiger partial charge < -0.3 is 14.8 Å². The Morgan fingerprint density at radius 3 is 2.83 bits per heavy atom. The summed E-state index contributed by atoms with van der Waals surface area (Å²) in [5.41, 5.74) is 0. The summed E-state index contributed by atoms with van der Waals surface area (Å²) in [5, 5.41) is 2.87. The molecule has 0 saturated carbocycles. The van der Waals surface area contributed by atoms with E-state index in [2.05, 4.69) is 10.0 Å². The highest BCUT2D eigenvalue weighted by atomic mass is 35.5. The number of sulfonamides is 1. The highest BCUT2D eigenvalue weighted by Crippen LogP contribution is 2.26. The molecule has 2 N–H and O–H groups in total. The maximum atomic E-state index is 12.3. The molecule has 0 aliphatic carbocycles. The van der Waals surface area contributed by atoms with E-state index in [0.29, 0.717) is 18.9 Å². The number of benzene rings is 1. The van der Waals surface area contributed by atoms with Crippen LogP contribution in [0, 0.1) is 0 Å². The van der Waals surface area contributed by atoms with Crippen LogP contribution in [0.5, 0.6) is 5.75 Å². The summed E-state index contributed by atoms with van der Waals surface area (Å²) in [5.74, 6) is -0.0355. The normalized spacial score (nSPS) is 19.0. The molecule has 1 saturated heterocycles. The van der Waals surface area contributed by atoms with Crippen LogP contribution in [0.4, 0.5) is 0 Å². The van der Waals surface area contributed by atoms with Gasteiger partial charge in [-0.05, 0) is 38.0 Å². The highest BCUT2D eigenvalue weighted by Gasteiger charge is 2.24. The van der Waals surface area contributed by atoms with Crippen molar-refractivity contribution >= 4 is 27.5 Å². The lowest BCUT2D eigenvalue weighted by molar-refractivity contribution is -0.122. The van der Waals surface area contributed by atoms with Crippen molar-refractivity contribution in [1.29, 1.82) is 0 Å². The van der Waals surface area contributed by atoms with Gasteiger partial charge in [0.25, 0.3) is 0 Å². The minimum Gasteiger partial charge on any atom is -0.495 e. The van der Waals surface area contributed by atoms with Crippen LogP contribution in [-0.2, 0) is 19.6 Å². The van der Waals surface area contributed by atoms with Gasteiger partial charge in [-0.1, -0.05) is 11.6 Å². The molecule has 1 aromatic rings. The molecular formula is C15H21ClN2O5S. The monoisotopic (exact) mass is 376 g/mol. The maximum absolute atomic E-state index is 12.3. The van der Waals surface area contributed by atoms with Crippen LogP contribution in [0.3, 0.4) is 0 Å². The summed E-state index contributed by atoms with van der Waals surface area (Å²) in [6, 6.07) is 3.18. The smallest absolute Gasteiger partial charge is 0.241 e. The number of nitrogens with one attached hydrogen (secondary N) is 2. The molecule has 0 spiro atoms. The van der Waals surface area contributed by atoms with Crippen LogP contribution in [-0.4, -0.2) is 46.7 Å². The fourth-order valence-corrected chi connectivity index (χ4v) is 3.89. The first-order valence-electron chi connectivity index (χ1n) is 7.58. The lowest BCUT2D eigenvalue weighted by Crippen LogP contribution is -2.46. The molecule has 1 fully saturated rings. The van der Waals surface area contributed by atoms with Gasteiger partial charge in [-0.2, -0.15) is 4.72 Å². The lowest BCUT2D eigenvalue weighted by atomic mass is 10.2. The standard InChI is InChI=1S/C15H21ClN2O5S/c1-10(15(19)17-9-11-4-3-7-23-11)18-24(20,21)12-5-6-14(22-2)13(16)8-12/h5-6,8,10-11,18H,3-4,7,9H2,1-2H3,(H,17,19)/t10-,11-/m1/s1. The topological polar surface area (TPSA) is 93.7 Å². The molecule has 9 heteroatoms. The summed E-state index contributed by atoms with van der Waals surface area (Å²) in [6.45, 7) is 2.55. The third kappa shape index (κ3) is 4.83. The molecule has 0 radical (unpaired) electrons. The van der Waals surface area contributed by atoms with Crippen molar-refractivity contribution in [1.82, 2.24) is 10.0 Å². The zero-order chi connectivity index (χ0) is 17.7. The zero-order valence-electron chi connectivity index (χ0n) is 13.5. The van der Waals surface area contributed by atoms with Crippen molar-refractivity contribution in [2.45, 2.75) is 36.8 Å². The Kier molecular flexibility index (Phi) is 6.45. The molecule has 24 heavy (non-hydrogen) atoms. The quantitative estimate of drug-likeness (QED) is 0.748. The molecule has 1 amide bonds. The minimum atomic E-state index is -3.87. The first-order chi connectivity index (χ1) is 11.3. The van der Waals surface area contributed by atoms with Gasteiger partial charge in [0.15, 0.2) is 0 Å². The molecule has 0 unspecified atom stereocenters. The number of halogens is 1. The first-order valence-corrected chi connectivity index (χ1v) is 9.45. The Morgan fingerprint density at radius 1 is 1.50 bits per heavy atom. The minimum absolute atomic E-state index is 0.00171. The summed E-state index contributed by atoms with van der Waals surface area (Å²) in [7, 11) is -2.43. The Labute approximate surface area is 146 Å². The number of rotatable bonds is 7. The van der Waals surface area contributed by atoms with Gasteiger partial charge in [-0.3, -0.25) is 4.79 Å². The number of hydrogen-bond donors (Lipinski definition) is 2. The van der Waals surface area contributed by atoms with E-state index in [9.17, 15) is 13.2 Å². The van der Waals surface area contributed by atoms with Crippen LogP contribution in [0.25, 0.3) is 0 Å². The van der Waals surface area contributed by atoms with E-state index in [1.165, 1.54) is 32.2 Å². The summed E-state index contributed by atoms with van der Waals surface area (Å²) in [4.78, 5) is 12.0. The average Bonchev–Trinajstić information content (AvgIpc) is 3.05. The van der Waals surface area contributed by atoms with Gasteiger partial charge in [0.2, 0.25) is 15.9 Å². The van der Waals surface area contributed by atoms with Crippen LogP contribution in [0.2, 0.25) is 5.02 Å². The van der Waals surface area contributed by atoms with Crippen molar-refractivity contribution < 1.29 is 22.7 Å². The van der Waals surface area contributed by atoms with Crippen molar-refractivity contribution in [3.05, 3.63) is 23.2 Å². The number of methoxy groups -OCH3 is 1. The molecule has 0 aromatic heterocycles. The van der Waals surface area contributed by atoms with E-state index in [4.69, 9.17) is 21.1 Å². The second-order valence-corrected chi connectivity index (χ2v) is 7.64. The van der Waals surface area contributed by atoms with Crippen molar-refractivity contribution in [2.24, 2.45) is 0 Å². The van der Waals surface area contributed by atoms with Crippen molar-refractivity contribution in [3.63, 3.8) is 0 Å². The number of amides is 1. The van der Waals surface area contributed by atoms with Gasteiger partial charge in [-0.25, -0.2) is 8.42 Å². The molecule has 1 aromatic carbocycles. The largest absolute Gasteiger partial charge is 0.495 e. The van der Waals surface area contributed by atoms with E-state index in [-0.39, 0.29) is 16.0 Å². The molecule has 1 heterocycles. The van der Waals surface area contributed by atoms with Crippen molar-refractivity contribution in [2.75, 3.05) is 20.3 Å². The SMILES string of the molecule is COc1ccc(S(=O)(=O)N[C@H](C)C(=O)NC[C@H]2CCCO2)cc1Cl. The fraction of sp³-hybridized carbons (Fsp3) is 0.533. The Morgan fingerprint density at radius 2 is 2.25 bits per heavy atom. The Balaban J connectivity index is 1.96. The zero-order valence-corrected chi connectivity index (χ0v) is 15.1. The van der Waals surface area contributed by atoms with Crippen molar-refractivity contribution in [3.8, 4) is 5.75 Å². The first kappa shape index (κ1) is 19.0. The van der Waals surface area contributed by atoms with Gasteiger partial charge in [0, 0.05) is 13.2 Å². The lowest BCUT2D eigenvalue weighted by Gasteiger charge is -2.16. The molecule has 2 rings (SSSR count).